The molecule has 2 aromatic carbocycles. The van der Waals surface area contributed by atoms with Crippen LogP contribution in [0.25, 0.3) is 0 Å². The molecule has 7 heteroatoms. The quantitative estimate of drug-likeness (QED) is 0.860. The largest absolute Gasteiger partial charge is 0.454 e. The van der Waals surface area contributed by atoms with Crippen molar-refractivity contribution in [1.82, 2.24) is 5.32 Å². The molecule has 0 aromatic heterocycles. The molecule has 3 rings (SSSR count). The van der Waals surface area contributed by atoms with Gasteiger partial charge in [0.15, 0.2) is 11.5 Å². The number of ether oxygens (including phenoxy) is 2. The number of carbonyl (C=O) groups excluding carboxylic acids is 2. The normalized spacial score (nSPS) is 11.9. The molecule has 0 bridgehead atoms. The molecule has 0 radical (unpaired) electrons. The molecule has 0 fully saturated rings. The second kappa shape index (κ2) is 7.86. The van der Waals surface area contributed by atoms with Crippen molar-refractivity contribution in [3.8, 4) is 11.5 Å². The predicted molar refractivity (Wildman–Crippen MR) is 93.7 cm³/mol. The Kier molecular flexibility index (Phi) is 5.36. The molecule has 0 saturated heterocycles. The summed E-state index contributed by atoms with van der Waals surface area (Å²) in [5.41, 5.74) is 1.08. The molecule has 0 unspecified atom stereocenters. The molecule has 1 aliphatic rings. The van der Waals surface area contributed by atoms with Gasteiger partial charge in [0.1, 0.15) is 12.4 Å². The van der Waals surface area contributed by atoms with Crippen molar-refractivity contribution < 1.29 is 23.5 Å². The predicted octanol–water partition coefficient (Wildman–Crippen LogP) is 2.27. The first-order chi connectivity index (χ1) is 12.5. The highest BCUT2D eigenvalue weighted by Gasteiger charge is 2.20. The van der Waals surface area contributed by atoms with E-state index >= 15 is 0 Å². The van der Waals surface area contributed by atoms with Crippen LogP contribution in [0.3, 0.4) is 0 Å². The summed E-state index contributed by atoms with van der Waals surface area (Å²) in [5.74, 6) is 0.245. The number of rotatable bonds is 6. The van der Waals surface area contributed by atoms with Gasteiger partial charge in [-0.2, -0.15) is 0 Å². The third kappa shape index (κ3) is 4.11. The molecule has 1 N–H and O–H groups in total. The van der Waals surface area contributed by atoms with Crippen LogP contribution in [-0.4, -0.2) is 31.7 Å². The van der Waals surface area contributed by atoms with Gasteiger partial charge in [0.05, 0.1) is 0 Å². The number of fused-ring (bicyclic) bond motifs is 1. The lowest BCUT2D eigenvalue weighted by Crippen LogP contribution is -2.40. The van der Waals surface area contributed by atoms with E-state index in [1.54, 1.807) is 36.4 Å². The zero-order chi connectivity index (χ0) is 18.5. The van der Waals surface area contributed by atoms with E-state index in [1.807, 2.05) is 0 Å². The smallest absolute Gasteiger partial charge is 0.240 e. The Morgan fingerprint density at radius 1 is 1.15 bits per heavy atom. The van der Waals surface area contributed by atoms with Gasteiger partial charge in [-0.1, -0.05) is 18.2 Å². The van der Waals surface area contributed by atoms with E-state index in [1.165, 1.54) is 17.9 Å². The van der Waals surface area contributed by atoms with Crippen molar-refractivity contribution >= 4 is 17.5 Å². The number of carbonyl (C=O) groups is 2. The number of amides is 2. The first-order valence-corrected chi connectivity index (χ1v) is 8.22. The highest BCUT2D eigenvalue weighted by atomic mass is 19.1. The van der Waals surface area contributed by atoms with Crippen LogP contribution in [0.5, 0.6) is 11.5 Å². The summed E-state index contributed by atoms with van der Waals surface area (Å²) in [4.78, 5) is 25.5. The third-order valence-corrected chi connectivity index (χ3v) is 4.02. The number of halogens is 1. The van der Waals surface area contributed by atoms with Crippen molar-refractivity contribution in [2.45, 2.75) is 13.3 Å². The molecule has 6 nitrogen and oxygen atoms in total. The van der Waals surface area contributed by atoms with E-state index in [0.29, 0.717) is 29.2 Å². The summed E-state index contributed by atoms with van der Waals surface area (Å²) >= 11 is 0. The van der Waals surface area contributed by atoms with E-state index < -0.39 is 0 Å². The average molecular weight is 358 g/mol. The standard InChI is InChI=1S/C19H19FN2O4/c1-13(23)22(15-6-7-17-18(10-15)26-12-25-17)11-19(24)21-9-8-14-4-2-3-5-16(14)20/h2-7,10H,8-9,11-12H2,1H3,(H,21,24). The summed E-state index contributed by atoms with van der Waals surface area (Å²) < 4.78 is 24.1. The van der Waals surface area contributed by atoms with Crippen LogP contribution in [0.2, 0.25) is 0 Å². The van der Waals surface area contributed by atoms with Crippen LogP contribution in [-0.2, 0) is 16.0 Å². The third-order valence-electron chi connectivity index (χ3n) is 4.02. The maximum Gasteiger partial charge on any atom is 0.240 e. The molecule has 2 aromatic rings. The molecular formula is C19H19FN2O4. The SMILES string of the molecule is CC(=O)N(CC(=O)NCCc1ccccc1F)c1ccc2c(c1)OCO2. The zero-order valence-corrected chi connectivity index (χ0v) is 14.3. The number of nitrogens with zero attached hydrogens (tertiary/aromatic N) is 1. The number of hydrogen-bond donors (Lipinski definition) is 1. The first kappa shape index (κ1) is 17.7. The van der Waals surface area contributed by atoms with E-state index in [0.717, 1.165) is 0 Å². The minimum atomic E-state index is -0.325. The lowest BCUT2D eigenvalue weighted by atomic mass is 10.1. The van der Waals surface area contributed by atoms with Crippen LogP contribution >= 0.6 is 0 Å². The van der Waals surface area contributed by atoms with Crippen molar-refractivity contribution in [3.63, 3.8) is 0 Å². The van der Waals surface area contributed by atoms with Gasteiger partial charge in [-0.05, 0) is 30.2 Å². The van der Waals surface area contributed by atoms with E-state index in [2.05, 4.69) is 5.32 Å². The van der Waals surface area contributed by atoms with Gasteiger partial charge >= 0.3 is 0 Å². The van der Waals surface area contributed by atoms with Crippen LogP contribution < -0.4 is 19.7 Å². The summed E-state index contributed by atoms with van der Waals surface area (Å²) in [6.45, 7) is 1.67. The second-order valence-electron chi connectivity index (χ2n) is 5.83. The minimum absolute atomic E-state index is 0.133. The van der Waals surface area contributed by atoms with Crippen molar-refractivity contribution in [1.29, 1.82) is 0 Å². The average Bonchev–Trinajstić information content (AvgIpc) is 3.08. The lowest BCUT2D eigenvalue weighted by Gasteiger charge is -2.21. The van der Waals surface area contributed by atoms with E-state index in [4.69, 9.17) is 9.47 Å². The monoisotopic (exact) mass is 358 g/mol. The zero-order valence-electron chi connectivity index (χ0n) is 14.3. The van der Waals surface area contributed by atoms with Gasteiger partial charge in [-0.15, -0.1) is 0 Å². The maximum atomic E-state index is 13.6. The van der Waals surface area contributed by atoms with E-state index in [9.17, 15) is 14.0 Å². The Morgan fingerprint density at radius 2 is 1.92 bits per heavy atom. The Bertz CT molecular complexity index is 825. The molecule has 0 spiro atoms. The molecule has 0 aliphatic carbocycles. The van der Waals surface area contributed by atoms with Gasteiger partial charge in [0, 0.05) is 25.2 Å². The fourth-order valence-electron chi connectivity index (χ4n) is 2.67. The highest BCUT2D eigenvalue weighted by Crippen LogP contribution is 2.35. The second-order valence-corrected chi connectivity index (χ2v) is 5.83. The molecular weight excluding hydrogens is 339 g/mol. The van der Waals surface area contributed by atoms with Gasteiger partial charge < -0.3 is 19.7 Å². The van der Waals surface area contributed by atoms with Crippen molar-refractivity contribution in [3.05, 3.63) is 53.8 Å². The molecule has 1 heterocycles. The van der Waals surface area contributed by atoms with Gasteiger partial charge in [-0.3, -0.25) is 9.59 Å². The molecule has 0 atom stereocenters. The summed E-state index contributed by atoms with van der Waals surface area (Å²) in [5, 5.41) is 2.71. The van der Waals surface area contributed by atoms with Crippen LogP contribution in [0.1, 0.15) is 12.5 Å². The molecule has 2 amide bonds. The van der Waals surface area contributed by atoms with Crippen LogP contribution in [0, 0.1) is 5.82 Å². The van der Waals surface area contributed by atoms with Crippen LogP contribution in [0.15, 0.2) is 42.5 Å². The highest BCUT2D eigenvalue weighted by molar-refractivity contribution is 5.97. The van der Waals surface area contributed by atoms with Gasteiger partial charge in [-0.25, -0.2) is 4.39 Å². The Hall–Kier alpha value is -3.09. The Labute approximate surface area is 150 Å². The number of anilines is 1. The number of hydrogen-bond acceptors (Lipinski definition) is 4. The Morgan fingerprint density at radius 3 is 2.69 bits per heavy atom. The van der Waals surface area contributed by atoms with Crippen molar-refractivity contribution in [2.75, 3.05) is 24.8 Å². The minimum Gasteiger partial charge on any atom is -0.454 e. The summed E-state index contributed by atoms with van der Waals surface area (Å²) in [6.07, 6.45) is 0.377. The van der Waals surface area contributed by atoms with E-state index in [-0.39, 0.29) is 37.5 Å². The molecule has 1 aliphatic heterocycles. The topological polar surface area (TPSA) is 67.9 Å². The number of nitrogens with one attached hydrogen (secondary N) is 1. The van der Waals surface area contributed by atoms with Gasteiger partial charge in [0.2, 0.25) is 18.6 Å². The molecule has 136 valence electrons. The summed E-state index contributed by atoms with van der Waals surface area (Å²) in [7, 11) is 0. The van der Waals surface area contributed by atoms with Gasteiger partial charge in [0.25, 0.3) is 0 Å². The lowest BCUT2D eigenvalue weighted by molar-refractivity contribution is -0.123. The fraction of sp³-hybridized carbons (Fsp3) is 0.263. The summed E-state index contributed by atoms with van der Waals surface area (Å²) in [6, 6.07) is 11.5. The maximum absolute atomic E-state index is 13.6. The Balaban J connectivity index is 1.58. The molecule has 0 saturated carbocycles. The van der Waals surface area contributed by atoms with Crippen molar-refractivity contribution in [2.24, 2.45) is 0 Å². The molecule has 26 heavy (non-hydrogen) atoms. The first-order valence-electron chi connectivity index (χ1n) is 8.22. The van der Waals surface area contributed by atoms with Crippen LogP contribution in [0.4, 0.5) is 10.1 Å². The number of benzene rings is 2. The fourth-order valence-corrected chi connectivity index (χ4v) is 2.67.